The molecule has 16 heavy (non-hydrogen) atoms. The minimum Gasteiger partial charge on any atom is -0.392 e. The third kappa shape index (κ3) is 5.23. The van der Waals surface area contributed by atoms with E-state index in [1.165, 1.54) is 5.56 Å². The predicted molar refractivity (Wildman–Crippen MR) is 63.9 cm³/mol. The van der Waals surface area contributed by atoms with Gasteiger partial charge in [0.15, 0.2) is 0 Å². The van der Waals surface area contributed by atoms with Crippen LogP contribution in [0.3, 0.4) is 0 Å². The third-order valence-electron chi connectivity index (χ3n) is 2.22. The Morgan fingerprint density at radius 3 is 2.44 bits per heavy atom. The topological polar surface area (TPSA) is 67.5 Å². The van der Waals surface area contributed by atoms with E-state index in [0.717, 1.165) is 18.7 Å². The van der Waals surface area contributed by atoms with Crippen LogP contribution >= 0.6 is 0 Å². The quantitative estimate of drug-likeness (QED) is 0.553. The Morgan fingerprint density at radius 1 is 1.12 bits per heavy atom. The van der Waals surface area contributed by atoms with E-state index < -0.39 is 0 Å². The minimum absolute atomic E-state index is 0.0979. The first-order valence-electron chi connectivity index (χ1n) is 5.54. The fraction of sp³-hybridized carbons (Fsp3) is 0.500. The van der Waals surface area contributed by atoms with Crippen LogP contribution in [0.4, 0.5) is 0 Å². The molecule has 0 heterocycles. The van der Waals surface area contributed by atoms with Crippen LogP contribution in [-0.2, 0) is 17.9 Å². The van der Waals surface area contributed by atoms with Gasteiger partial charge in [0, 0.05) is 19.6 Å². The fourth-order valence-electron chi connectivity index (χ4n) is 1.32. The first-order valence-corrected chi connectivity index (χ1v) is 5.54. The van der Waals surface area contributed by atoms with Gasteiger partial charge in [-0.1, -0.05) is 24.3 Å². The summed E-state index contributed by atoms with van der Waals surface area (Å²) in [6.07, 6.45) is 0. The lowest BCUT2D eigenvalue weighted by Crippen LogP contribution is -2.20. The summed E-state index contributed by atoms with van der Waals surface area (Å²) in [5, 5.41) is 12.2. The van der Waals surface area contributed by atoms with Gasteiger partial charge in [-0.25, -0.2) is 0 Å². The van der Waals surface area contributed by atoms with Gasteiger partial charge in [0.1, 0.15) is 0 Å². The maximum Gasteiger partial charge on any atom is 0.0681 e. The lowest BCUT2D eigenvalue weighted by atomic mass is 10.1. The van der Waals surface area contributed by atoms with Gasteiger partial charge in [0.05, 0.1) is 19.8 Å². The molecule has 0 radical (unpaired) electrons. The van der Waals surface area contributed by atoms with Gasteiger partial charge in [-0.15, -0.1) is 0 Å². The number of benzene rings is 1. The van der Waals surface area contributed by atoms with Crippen LogP contribution < -0.4 is 11.1 Å². The molecule has 90 valence electrons. The van der Waals surface area contributed by atoms with Crippen molar-refractivity contribution in [3.05, 3.63) is 35.4 Å². The number of nitrogens with two attached hydrogens (primary N) is 1. The molecule has 0 amide bonds. The molecule has 0 atom stereocenters. The lowest BCUT2D eigenvalue weighted by molar-refractivity contribution is 0.143. The Morgan fingerprint density at radius 2 is 1.81 bits per heavy atom. The van der Waals surface area contributed by atoms with E-state index in [1.807, 2.05) is 24.3 Å². The van der Waals surface area contributed by atoms with Crippen LogP contribution in [0.25, 0.3) is 0 Å². The van der Waals surface area contributed by atoms with Crippen LogP contribution in [0.1, 0.15) is 11.1 Å². The molecule has 0 saturated carbocycles. The van der Waals surface area contributed by atoms with Crippen molar-refractivity contribution in [2.45, 2.75) is 13.2 Å². The summed E-state index contributed by atoms with van der Waals surface area (Å²) in [4.78, 5) is 0. The molecule has 0 saturated heterocycles. The van der Waals surface area contributed by atoms with Crippen LogP contribution in [0, 0.1) is 0 Å². The molecule has 0 aliphatic rings. The van der Waals surface area contributed by atoms with Gasteiger partial charge < -0.3 is 20.9 Å². The van der Waals surface area contributed by atoms with Crippen molar-refractivity contribution in [2.24, 2.45) is 5.73 Å². The Hall–Kier alpha value is -0.940. The molecule has 0 fully saturated rings. The normalized spacial score (nSPS) is 10.6. The van der Waals surface area contributed by atoms with Gasteiger partial charge in [0.25, 0.3) is 0 Å². The second kappa shape index (κ2) is 8.24. The van der Waals surface area contributed by atoms with Gasteiger partial charge in [0.2, 0.25) is 0 Å². The monoisotopic (exact) mass is 224 g/mol. The van der Waals surface area contributed by atoms with Crippen LogP contribution in [-0.4, -0.2) is 31.4 Å². The maximum absolute atomic E-state index is 8.88. The first kappa shape index (κ1) is 13.1. The summed E-state index contributed by atoms with van der Waals surface area (Å²) >= 11 is 0. The average Bonchev–Trinajstić information content (AvgIpc) is 2.34. The Kier molecular flexibility index (Phi) is 6.76. The van der Waals surface area contributed by atoms with E-state index in [0.29, 0.717) is 19.8 Å². The lowest BCUT2D eigenvalue weighted by Gasteiger charge is -2.06. The number of ether oxygens (including phenoxy) is 1. The zero-order valence-electron chi connectivity index (χ0n) is 9.48. The van der Waals surface area contributed by atoms with Crippen molar-refractivity contribution in [1.29, 1.82) is 0 Å². The van der Waals surface area contributed by atoms with E-state index >= 15 is 0 Å². The molecule has 1 aromatic rings. The summed E-state index contributed by atoms with van der Waals surface area (Å²) < 4.78 is 5.24. The average molecular weight is 224 g/mol. The smallest absolute Gasteiger partial charge is 0.0681 e. The SMILES string of the molecule is NCCOCCNCc1ccc(CO)cc1. The van der Waals surface area contributed by atoms with Crippen LogP contribution in [0.5, 0.6) is 0 Å². The van der Waals surface area contributed by atoms with Gasteiger partial charge in [-0.3, -0.25) is 0 Å². The van der Waals surface area contributed by atoms with Crippen molar-refractivity contribution in [2.75, 3.05) is 26.3 Å². The van der Waals surface area contributed by atoms with Gasteiger partial charge in [-0.05, 0) is 11.1 Å². The largest absolute Gasteiger partial charge is 0.392 e. The highest BCUT2D eigenvalue weighted by Crippen LogP contribution is 2.03. The second-order valence-corrected chi connectivity index (χ2v) is 3.55. The Balaban J connectivity index is 2.12. The van der Waals surface area contributed by atoms with E-state index in [2.05, 4.69) is 5.32 Å². The number of aliphatic hydroxyl groups excluding tert-OH is 1. The zero-order chi connectivity index (χ0) is 11.6. The summed E-state index contributed by atoms with van der Waals surface area (Å²) in [7, 11) is 0. The summed E-state index contributed by atoms with van der Waals surface area (Å²) in [5.74, 6) is 0. The highest BCUT2D eigenvalue weighted by Gasteiger charge is 1.93. The molecule has 4 nitrogen and oxygen atoms in total. The fourth-order valence-corrected chi connectivity index (χ4v) is 1.32. The van der Waals surface area contributed by atoms with E-state index in [1.54, 1.807) is 0 Å². The van der Waals surface area contributed by atoms with E-state index in [4.69, 9.17) is 15.6 Å². The maximum atomic E-state index is 8.88. The summed E-state index contributed by atoms with van der Waals surface area (Å²) in [6.45, 7) is 3.61. The molecular weight excluding hydrogens is 204 g/mol. The van der Waals surface area contributed by atoms with Gasteiger partial charge in [-0.2, -0.15) is 0 Å². The Labute approximate surface area is 96.4 Å². The molecule has 1 rings (SSSR count). The van der Waals surface area contributed by atoms with E-state index in [9.17, 15) is 0 Å². The van der Waals surface area contributed by atoms with Gasteiger partial charge >= 0.3 is 0 Å². The third-order valence-corrected chi connectivity index (χ3v) is 2.22. The standard InChI is InChI=1S/C12H20N2O2/c13-5-7-16-8-6-14-9-11-1-3-12(10-15)4-2-11/h1-4,14-15H,5-10,13H2. The van der Waals surface area contributed by atoms with Crippen molar-refractivity contribution in [3.8, 4) is 0 Å². The van der Waals surface area contributed by atoms with E-state index in [-0.39, 0.29) is 6.61 Å². The van der Waals surface area contributed by atoms with Crippen LogP contribution in [0.2, 0.25) is 0 Å². The number of rotatable bonds is 8. The molecule has 0 aliphatic heterocycles. The van der Waals surface area contributed by atoms with Crippen molar-refractivity contribution < 1.29 is 9.84 Å². The molecule has 0 aliphatic carbocycles. The predicted octanol–water partition coefficient (Wildman–Crippen LogP) is 0.244. The number of hydrogen-bond acceptors (Lipinski definition) is 4. The van der Waals surface area contributed by atoms with Crippen molar-refractivity contribution in [1.82, 2.24) is 5.32 Å². The molecule has 0 unspecified atom stereocenters. The highest BCUT2D eigenvalue weighted by molar-refractivity contribution is 5.21. The number of nitrogens with one attached hydrogen (secondary N) is 1. The highest BCUT2D eigenvalue weighted by atomic mass is 16.5. The van der Waals surface area contributed by atoms with Crippen molar-refractivity contribution >= 4 is 0 Å². The molecule has 0 bridgehead atoms. The second-order valence-electron chi connectivity index (χ2n) is 3.55. The summed E-state index contributed by atoms with van der Waals surface area (Å²) in [6, 6.07) is 7.89. The number of hydrogen-bond donors (Lipinski definition) is 3. The number of aliphatic hydroxyl groups is 1. The molecule has 1 aromatic carbocycles. The Bertz CT molecular complexity index is 275. The first-order chi connectivity index (χ1) is 7.86. The minimum atomic E-state index is 0.0979. The molecular formula is C12H20N2O2. The molecule has 4 N–H and O–H groups in total. The zero-order valence-corrected chi connectivity index (χ0v) is 9.48. The summed E-state index contributed by atoms with van der Waals surface area (Å²) in [5.41, 5.74) is 7.44. The van der Waals surface area contributed by atoms with Crippen molar-refractivity contribution in [3.63, 3.8) is 0 Å². The van der Waals surface area contributed by atoms with Crippen LogP contribution in [0.15, 0.2) is 24.3 Å². The molecule has 4 heteroatoms. The molecule has 0 spiro atoms. The molecule has 0 aromatic heterocycles.